The first-order valence-electron chi connectivity index (χ1n) is 9.50. The van der Waals surface area contributed by atoms with Gasteiger partial charge in [-0.05, 0) is 23.8 Å². The van der Waals surface area contributed by atoms with Crippen molar-refractivity contribution < 1.29 is 9.36 Å². The Labute approximate surface area is 169 Å². The molecule has 0 fully saturated rings. The number of pyridine rings is 1. The van der Waals surface area contributed by atoms with Crippen LogP contribution in [0.4, 0.5) is 0 Å². The van der Waals surface area contributed by atoms with Crippen molar-refractivity contribution in [1.82, 2.24) is 9.13 Å². The Morgan fingerprint density at radius 3 is 2.34 bits per heavy atom. The number of hydrogen-bond donors (Lipinski definition) is 0. The fourth-order valence-electron chi connectivity index (χ4n) is 3.43. The highest BCUT2D eigenvalue weighted by Crippen LogP contribution is 2.10. The zero-order valence-corrected chi connectivity index (χ0v) is 16.2. The number of ketones is 1. The molecule has 4 rings (SSSR count). The fourth-order valence-corrected chi connectivity index (χ4v) is 3.43. The number of nitrogens with zero attached hydrogens (tertiary/aromatic N) is 3. The molecule has 144 valence electrons. The zero-order valence-electron chi connectivity index (χ0n) is 16.2. The summed E-state index contributed by atoms with van der Waals surface area (Å²) in [6.45, 7) is 0.192. The van der Waals surface area contributed by atoms with E-state index in [9.17, 15) is 9.59 Å². The van der Waals surface area contributed by atoms with Crippen LogP contribution in [0, 0.1) is 0 Å². The van der Waals surface area contributed by atoms with E-state index >= 15 is 0 Å². The molecule has 0 unspecified atom stereocenters. The van der Waals surface area contributed by atoms with E-state index in [1.54, 1.807) is 12.3 Å². The van der Waals surface area contributed by atoms with Crippen LogP contribution in [0.1, 0.15) is 21.6 Å². The summed E-state index contributed by atoms with van der Waals surface area (Å²) in [5.41, 5.74) is 3.21. The van der Waals surface area contributed by atoms with Crippen molar-refractivity contribution in [3.05, 3.63) is 119 Å². The van der Waals surface area contributed by atoms with Crippen LogP contribution < -0.4 is 10.1 Å². The fraction of sp³-hybridized carbons (Fsp3) is 0.125. The number of para-hydroxylation sites is 1. The monoisotopic (exact) mass is 384 g/mol. The van der Waals surface area contributed by atoms with E-state index in [0.29, 0.717) is 5.56 Å². The van der Waals surface area contributed by atoms with E-state index in [4.69, 9.17) is 0 Å². The van der Waals surface area contributed by atoms with Gasteiger partial charge in [0.1, 0.15) is 11.9 Å². The Bertz CT molecular complexity index is 1190. The highest BCUT2D eigenvalue weighted by atomic mass is 16.1. The van der Waals surface area contributed by atoms with Crippen LogP contribution in [0.15, 0.2) is 96.3 Å². The molecule has 0 saturated heterocycles. The van der Waals surface area contributed by atoms with E-state index in [-0.39, 0.29) is 17.9 Å². The Balaban J connectivity index is 1.56. The van der Waals surface area contributed by atoms with Crippen LogP contribution in [0.2, 0.25) is 0 Å². The molecule has 0 aliphatic heterocycles. The van der Waals surface area contributed by atoms with E-state index < -0.39 is 0 Å². The normalized spacial score (nSPS) is 10.8. The molecule has 5 heteroatoms. The number of rotatable bonds is 6. The lowest BCUT2D eigenvalue weighted by Crippen LogP contribution is -2.24. The van der Waals surface area contributed by atoms with Crippen molar-refractivity contribution in [2.75, 3.05) is 0 Å². The predicted octanol–water partition coefficient (Wildman–Crippen LogP) is 2.94. The second-order valence-corrected chi connectivity index (χ2v) is 7.07. The molecule has 0 atom stereocenters. The molecular weight excluding hydrogens is 362 g/mol. The molecule has 0 N–H and O–H groups in total. The van der Waals surface area contributed by atoms with Gasteiger partial charge < -0.3 is 0 Å². The SMILES string of the molecule is C[n+]1cc(Cc2ccccc2)n(CC(=O)c2ccn(-c3ccccc3)c(=O)c2)c1. The van der Waals surface area contributed by atoms with E-state index in [1.807, 2.05) is 77.2 Å². The van der Waals surface area contributed by atoms with Crippen molar-refractivity contribution in [3.63, 3.8) is 0 Å². The van der Waals surface area contributed by atoms with Gasteiger partial charge in [-0.2, -0.15) is 0 Å². The van der Waals surface area contributed by atoms with Gasteiger partial charge in [-0.15, -0.1) is 0 Å². The highest BCUT2D eigenvalue weighted by Gasteiger charge is 2.17. The number of aryl methyl sites for hydroxylation is 1. The minimum atomic E-state index is -0.218. The highest BCUT2D eigenvalue weighted by molar-refractivity contribution is 5.95. The molecule has 4 aromatic rings. The Hall–Kier alpha value is -3.73. The summed E-state index contributed by atoms with van der Waals surface area (Å²) >= 11 is 0. The summed E-state index contributed by atoms with van der Waals surface area (Å²) in [6.07, 6.45) is 6.32. The van der Waals surface area contributed by atoms with Gasteiger partial charge in [0.25, 0.3) is 5.56 Å². The van der Waals surface area contributed by atoms with Gasteiger partial charge in [-0.25, -0.2) is 9.13 Å². The molecular formula is C24H22N3O2+. The Morgan fingerprint density at radius 1 is 0.966 bits per heavy atom. The largest absolute Gasteiger partial charge is 0.290 e. The van der Waals surface area contributed by atoms with Crippen molar-refractivity contribution in [2.45, 2.75) is 13.0 Å². The molecule has 0 aliphatic carbocycles. The third kappa shape index (κ3) is 4.24. The zero-order chi connectivity index (χ0) is 20.2. The van der Waals surface area contributed by atoms with Crippen LogP contribution in [0.25, 0.3) is 5.69 Å². The summed E-state index contributed by atoms with van der Waals surface area (Å²) in [4.78, 5) is 25.4. The van der Waals surface area contributed by atoms with Gasteiger partial charge in [-0.3, -0.25) is 14.2 Å². The number of carbonyl (C=O) groups excluding carboxylic acids is 1. The Morgan fingerprint density at radius 2 is 1.66 bits per heavy atom. The molecule has 0 aliphatic rings. The molecule has 0 bridgehead atoms. The molecule has 0 radical (unpaired) electrons. The number of hydrogen-bond acceptors (Lipinski definition) is 2. The third-order valence-electron chi connectivity index (χ3n) is 4.86. The number of benzene rings is 2. The minimum absolute atomic E-state index is 0.0900. The lowest BCUT2D eigenvalue weighted by Gasteiger charge is -2.07. The molecule has 0 spiro atoms. The summed E-state index contributed by atoms with van der Waals surface area (Å²) in [6, 6.07) is 22.6. The van der Waals surface area contributed by atoms with Crippen molar-refractivity contribution in [1.29, 1.82) is 0 Å². The lowest BCUT2D eigenvalue weighted by molar-refractivity contribution is -0.671. The average molecular weight is 384 g/mol. The van der Waals surface area contributed by atoms with Crippen LogP contribution >= 0.6 is 0 Å². The van der Waals surface area contributed by atoms with Gasteiger partial charge in [0.15, 0.2) is 6.54 Å². The Kier molecular flexibility index (Phi) is 5.20. The molecule has 5 nitrogen and oxygen atoms in total. The smallest absolute Gasteiger partial charge is 0.255 e. The number of Topliss-reactive ketones (excluding diaryl/α,β-unsaturated/α-hetero) is 1. The van der Waals surface area contributed by atoms with Gasteiger partial charge in [0, 0.05) is 29.9 Å². The second kappa shape index (κ2) is 8.10. The van der Waals surface area contributed by atoms with Crippen LogP contribution in [-0.2, 0) is 20.0 Å². The molecule has 29 heavy (non-hydrogen) atoms. The van der Waals surface area contributed by atoms with Gasteiger partial charge >= 0.3 is 0 Å². The van der Waals surface area contributed by atoms with Crippen molar-refractivity contribution in [3.8, 4) is 5.69 Å². The van der Waals surface area contributed by atoms with Crippen LogP contribution in [0.5, 0.6) is 0 Å². The maximum atomic E-state index is 12.8. The second-order valence-electron chi connectivity index (χ2n) is 7.07. The average Bonchev–Trinajstić information content (AvgIpc) is 3.07. The number of carbonyl (C=O) groups is 1. The number of imidazole rings is 1. The third-order valence-corrected chi connectivity index (χ3v) is 4.86. The van der Waals surface area contributed by atoms with Crippen molar-refractivity contribution >= 4 is 5.78 Å². The quantitative estimate of drug-likeness (QED) is 0.379. The first-order valence-corrected chi connectivity index (χ1v) is 9.50. The topological polar surface area (TPSA) is 47.9 Å². The summed E-state index contributed by atoms with van der Waals surface area (Å²) in [5, 5.41) is 0. The van der Waals surface area contributed by atoms with Crippen LogP contribution in [0.3, 0.4) is 0 Å². The molecule has 0 saturated carbocycles. The predicted molar refractivity (Wildman–Crippen MR) is 111 cm³/mol. The van der Waals surface area contributed by atoms with E-state index in [1.165, 1.54) is 16.2 Å². The summed E-state index contributed by atoms with van der Waals surface area (Å²) in [7, 11) is 1.94. The molecule has 2 heterocycles. The van der Waals surface area contributed by atoms with Crippen LogP contribution in [-0.4, -0.2) is 14.9 Å². The molecule has 2 aromatic heterocycles. The lowest BCUT2D eigenvalue weighted by atomic mass is 10.1. The van der Waals surface area contributed by atoms with Gasteiger partial charge in [0.2, 0.25) is 12.1 Å². The molecule has 2 aromatic carbocycles. The first kappa shape index (κ1) is 18.6. The number of aromatic nitrogens is 3. The van der Waals surface area contributed by atoms with Gasteiger partial charge in [0.05, 0.1) is 7.05 Å². The van der Waals surface area contributed by atoms with Gasteiger partial charge in [-0.1, -0.05) is 48.5 Å². The summed E-state index contributed by atoms with van der Waals surface area (Å²) < 4.78 is 5.42. The van der Waals surface area contributed by atoms with Crippen molar-refractivity contribution in [2.24, 2.45) is 7.05 Å². The minimum Gasteiger partial charge on any atom is -0.290 e. The van der Waals surface area contributed by atoms with E-state index in [0.717, 1.165) is 17.8 Å². The first-order chi connectivity index (χ1) is 14.1. The summed E-state index contributed by atoms with van der Waals surface area (Å²) in [5.74, 6) is -0.0900. The molecule has 0 amide bonds. The maximum Gasteiger partial charge on any atom is 0.255 e. The standard InChI is InChI=1S/C24H22N3O2/c1-25-16-22(14-19-8-4-2-5-9-19)26(18-25)17-23(28)20-12-13-27(24(29)15-20)21-10-6-3-7-11-21/h2-13,15-16,18H,14,17H2,1H3/q+1. The van der Waals surface area contributed by atoms with E-state index in [2.05, 4.69) is 12.1 Å². The maximum absolute atomic E-state index is 12.8.